The molecule has 33 heavy (non-hydrogen) atoms. The first-order valence-electron chi connectivity index (χ1n) is 10.7. The number of hydrogen-bond donors (Lipinski definition) is 0. The molecule has 1 unspecified atom stereocenters. The Bertz CT molecular complexity index is 1390. The average molecular weight is 489 g/mol. The molecule has 0 saturated carbocycles. The van der Waals surface area contributed by atoms with Crippen LogP contribution in [0.3, 0.4) is 0 Å². The number of nitro benzene ring substituents is 1. The smallest absolute Gasteiger partial charge is 0.279 e. The molecular weight excluding hydrogens is 464 g/mol. The zero-order valence-corrected chi connectivity index (χ0v) is 19.9. The molecule has 1 aromatic heterocycles. The van der Waals surface area contributed by atoms with Crippen LogP contribution in [-0.2, 0) is 16.6 Å². The fourth-order valence-corrected chi connectivity index (χ4v) is 6.82. The molecule has 4 rings (SSSR count). The number of carbonyl (C=O) groups excluding carboxylic acids is 1. The van der Waals surface area contributed by atoms with Gasteiger partial charge >= 0.3 is 0 Å². The third kappa shape index (κ3) is 4.48. The summed E-state index contributed by atoms with van der Waals surface area (Å²) in [6.07, 6.45) is 2.70. The summed E-state index contributed by atoms with van der Waals surface area (Å²) in [5.74, 6) is -0.506. The number of aryl methyl sites for hydroxylation is 1. The number of hydrogen-bond acceptors (Lipinski definition) is 6. The second-order valence-corrected chi connectivity index (χ2v) is 10.8. The number of non-ortho nitro benzene ring substituents is 1. The van der Waals surface area contributed by atoms with Gasteiger partial charge in [-0.05, 0) is 57.0 Å². The first-order valence-corrected chi connectivity index (χ1v) is 13.0. The first-order chi connectivity index (χ1) is 15.7. The number of benzene rings is 2. The summed E-state index contributed by atoms with van der Waals surface area (Å²) in [5.41, 5.74) is 0.882. The Kier molecular flexibility index (Phi) is 6.46. The fraction of sp³-hybridized carbons (Fsp3) is 0.364. The molecule has 1 saturated heterocycles. The van der Waals surface area contributed by atoms with Crippen LogP contribution in [0.5, 0.6) is 0 Å². The van der Waals surface area contributed by atoms with Crippen molar-refractivity contribution in [3.8, 4) is 0 Å². The molecule has 0 spiro atoms. The van der Waals surface area contributed by atoms with Gasteiger partial charge in [0, 0.05) is 36.8 Å². The van der Waals surface area contributed by atoms with Crippen molar-refractivity contribution in [2.45, 2.75) is 50.6 Å². The summed E-state index contributed by atoms with van der Waals surface area (Å²) in [5, 5.41) is 11.1. The van der Waals surface area contributed by atoms with Crippen molar-refractivity contribution in [3.05, 3.63) is 62.9 Å². The molecule has 11 heteroatoms. The van der Waals surface area contributed by atoms with Crippen molar-refractivity contribution in [1.82, 2.24) is 8.87 Å². The molecular formula is C22H24N4O5S2. The Hall–Kier alpha value is -2.89. The maximum atomic E-state index is 13.0. The van der Waals surface area contributed by atoms with Crippen molar-refractivity contribution in [3.63, 3.8) is 0 Å². The van der Waals surface area contributed by atoms with E-state index in [1.807, 2.05) is 13.8 Å². The van der Waals surface area contributed by atoms with Crippen molar-refractivity contribution in [2.75, 3.05) is 6.54 Å². The van der Waals surface area contributed by atoms with E-state index < -0.39 is 20.9 Å². The van der Waals surface area contributed by atoms with Gasteiger partial charge < -0.3 is 4.57 Å². The van der Waals surface area contributed by atoms with Crippen molar-refractivity contribution < 1.29 is 18.1 Å². The van der Waals surface area contributed by atoms with E-state index in [9.17, 15) is 23.3 Å². The maximum absolute atomic E-state index is 13.0. The number of carbonyl (C=O) groups is 1. The topological polar surface area (TPSA) is 115 Å². The van der Waals surface area contributed by atoms with Gasteiger partial charge in [0.2, 0.25) is 10.0 Å². The lowest BCUT2D eigenvalue weighted by Crippen LogP contribution is -2.41. The molecule has 2 aromatic carbocycles. The van der Waals surface area contributed by atoms with Crippen LogP contribution in [0.15, 0.2) is 52.4 Å². The van der Waals surface area contributed by atoms with Gasteiger partial charge in [-0.25, -0.2) is 8.42 Å². The molecule has 1 aliphatic heterocycles. The number of nitro groups is 1. The molecule has 1 aliphatic rings. The third-order valence-corrected chi connectivity index (χ3v) is 8.93. The molecule has 1 atom stereocenters. The van der Waals surface area contributed by atoms with E-state index in [-0.39, 0.29) is 22.2 Å². The van der Waals surface area contributed by atoms with Crippen molar-refractivity contribution in [1.29, 1.82) is 0 Å². The Morgan fingerprint density at radius 1 is 1.21 bits per heavy atom. The quantitative estimate of drug-likeness (QED) is 0.399. The predicted octanol–water partition coefficient (Wildman–Crippen LogP) is 3.94. The molecule has 0 radical (unpaired) electrons. The van der Waals surface area contributed by atoms with E-state index in [4.69, 9.17) is 0 Å². The van der Waals surface area contributed by atoms with E-state index in [0.29, 0.717) is 23.4 Å². The minimum atomic E-state index is -3.62. The maximum Gasteiger partial charge on any atom is 0.279 e. The molecule has 0 N–H and O–H groups in total. The van der Waals surface area contributed by atoms with Crippen LogP contribution >= 0.6 is 11.3 Å². The SMILES string of the molecule is CCn1c(=NC(=O)c2ccc(S(=O)(=O)N3CCCCC3C)cc2)sc2ccc([N+](=O)[O-])cc21. The van der Waals surface area contributed by atoms with Crippen LogP contribution in [0.4, 0.5) is 5.69 Å². The Morgan fingerprint density at radius 3 is 2.58 bits per heavy atom. The van der Waals surface area contributed by atoms with Crippen LogP contribution in [0.1, 0.15) is 43.5 Å². The van der Waals surface area contributed by atoms with Gasteiger partial charge in [-0.2, -0.15) is 9.30 Å². The number of fused-ring (bicyclic) bond motifs is 1. The number of amides is 1. The lowest BCUT2D eigenvalue weighted by atomic mass is 10.1. The Balaban J connectivity index is 1.65. The Morgan fingerprint density at radius 2 is 1.94 bits per heavy atom. The molecule has 1 fully saturated rings. The number of piperidine rings is 1. The summed E-state index contributed by atoms with van der Waals surface area (Å²) >= 11 is 1.27. The standard InChI is InChI=1S/C22H24N4O5S2/c1-3-24-19-14-17(26(28)29)9-12-20(19)32-22(24)23-21(27)16-7-10-18(11-8-16)33(30,31)25-13-5-4-6-15(25)2/h7-12,14-15H,3-6,13H2,1-2H3. The van der Waals surface area contributed by atoms with E-state index in [1.165, 1.54) is 52.0 Å². The van der Waals surface area contributed by atoms with Crippen LogP contribution in [-0.4, -0.2) is 40.7 Å². The third-order valence-electron chi connectivity index (χ3n) is 5.84. The number of thiazole rings is 1. The molecule has 0 bridgehead atoms. The van der Waals surface area contributed by atoms with Gasteiger partial charge in [-0.3, -0.25) is 14.9 Å². The van der Waals surface area contributed by atoms with Gasteiger partial charge in [0.25, 0.3) is 11.6 Å². The van der Waals surface area contributed by atoms with Gasteiger partial charge in [0.15, 0.2) is 4.80 Å². The van der Waals surface area contributed by atoms with Crippen LogP contribution in [0.2, 0.25) is 0 Å². The van der Waals surface area contributed by atoms with Crippen molar-refractivity contribution in [2.24, 2.45) is 4.99 Å². The van der Waals surface area contributed by atoms with Crippen molar-refractivity contribution >= 4 is 43.2 Å². The molecule has 9 nitrogen and oxygen atoms in total. The van der Waals surface area contributed by atoms with Gasteiger partial charge in [-0.15, -0.1) is 0 Å². The molecule has 174 valence electrons. The highest BCUT2D eigenvalue weighted by molar-refractivity contribution is 7.89. The monoisotopic (exact) mass is 488 g/mol. The lowest BCUT2D eigenvalue weighted by molar-refractivity contribution is -0.384. The molecule has 0 aliphatic carbocycles. The molecule has 3 aromatic rings. The predicted molar refractivity (Wildman–Crippen MR) is 126 cm³/mol. The van der Waals surface area contributed by atoms with E-state index >= 15 is 0 Å². The average Bonchev–Trinajstić information content (AvgIpc) is 3.15. The van der Waals surface area contributed by atoms with Gasteiger partial charge in [-0.1, -0.05) is 17.8 Å². The summed E-state index contributed by atoms with van der Waals surface area (Å²) in [7, 11) is -3.62. The summed E-state index contributed by atoms with van der Waals surface area (Å²) < 4.78 is 30.1. The molecule has 2 heterocycles. The summed E-state index contributed by atoms with van der Waals surface area (Å²) in [6.45, 7) is 4.77. The number of sulfonamides is 1. The lowest BCUT2D eigenvalue weighted by Gasteiger charge is -2.32. The Labute approximate surface area is 195 Å². The number of rotatable bonds is 5. The largest absolute Gasteiger partial charge is 0.316 e. The fourth-order valence-electron chi connectivity index (χ4n) is 4.05. The normalized spacial score (nSPS) is 18.0. The second kappa shape index (κ2) is 9.16. The zero-order valence-electron chi connectivity index (χ0n) is 18.3. The van der Waals surface area contributed by atoms with Gasteiger partial charge in [0.05, 0.1) is 20.0 Å². The summed E-state index contributed by atoms with van der Waals surface area (Å²) in [4.78, 5) is 28.3. The highest BCUT2D eigenvalue weighted by Gasteiger charge is 2.30. The van der Waals surface area contributed by atoms with Crippen LogP contribution < -0.4 is 4.80 Å². The van der Waals surface area contributed by atoms with E-state index in [1.54, 1.807) is 10.6 Å². The summed E-state index contributed by atoms with van der Waals surface area (Å²) in [6, 6.07) is 10.3. The number of aromatic nitrogens is 1. The zero-order chi connectivity index (χ0) is 23.8. The first kappa shape index (κ1) is 23.3. The van der Waals surface area contributed by atoms with E-state index in [2.05, 4.69) is 4.99 Å². The van der Waals surface area contributed by atoms with Gasteiger partial charge in [0.1, 0.15) is 0 Å². The van der Waals surface area contributed by atoms with Crippen LogP contribution in [0.25, 0.3) is 10.2 Å². The minimum absolute atomic E-state index is 0.0276. The second-order valence-electron chi connectivity index (χ2n) is 7.94. The van der Waals surface area contributed by atoms with Crippen LogP contribution in [0, 0.1) is 10.1 Å². The molecule has 1 amide bonds. The minimum Gasteiger partial charge on any atom is -0.316 e. The highest BCUT2D eigenvalue weighted by atomic mass is 32.2. The number of nitrogens with zero attached hydrogens (tertiary/aromatic N) is 4. The van der Waals surface area contributed by atoms with E-state index in [0.717, 1.165) is 24.0 Å². The highest BCUT2D eigenvalue weighted by Crippen LogP contribution is 2.26.